The molecule has 5 rings (SSSR count). The second-order valence-electron chi connectivity index (χ2n) is 12.6. The number of rotatable bonds is 13. The first-order chi connectivity index (χ1) is 22.7. The Kier molecular flexibility index (Phi) is 11.5. The lowest BCUT2D eigenvalue weighted by molar-refractivity contribution is 0.0906. The lowest BCUT2D eigenvalue weighted by atomic mass is 9.86. The lowest BCUT2D eigenvalue weighted by Crippen LogP contribution is -2.41. The van der Waals surface area contributed by atoms with Crippen LogP contribution in [0.15, 0.2) is 85.2 Å². The number of nitrogens with one attached hydrogen (secondary N) is 2. The molecule has 0 spiro atoms. The minimum absolute atomic E-state index is 0.0894. The number of nitrogens with zero attached hydrogens (tertiary/aromatic N) is 2. The van der Waals surface area contributed by atoms with Crippen LogP contribution in [0.2, 0.25) is 0 Å². The third-order valence-electron chi connectivity index (χ3n) is 8.85. The van der Waals surface area contributed by atoms with E-state index in [1.807, 2.05) is 19.1 Å². The Labute approximate surface area is 276 Å². The molecule has 2 heterocycles. The standard InChI is InChI=1S/C38H43FN4O4/c1-25-8-4-5-13-34(25)43-38(45)32-15-17-35(41-22-32)46-23-29-10-6-9-28(19-29)18-26(2)27(3)42-37(44)31-14-16-36(40-21-31)47-24-30-11-7-12-33(39)20-30/h6-7,9-12,14-17,19-22,25-27,34H,4-5,8,13,18,23-24H2,1-3H3,(H,42,44)(H,43,45). The predicted molar refractivity (Wildman–Crippen MR) is 179 cm³/mol. The number of pyridine rings is 2. The Morgan fingerprint density at radius 1 is 0.809 bits per heavy atom. The van der Waals surface area contributed by atoms with E-state index in [1.54, 1.807) is 42.6 Å². The molecule has 47 heavy (non-hydrogen) atoms. The highest BCUT2D eigenvalue weighted by molar-refractivity contribution is 5.94. The van der Waals surface area contributed by atoms with E-state index in [2.05, 4.69) is 46.6 Å². The highest BCUT2D eigenvalue weighted by Gasteiger charge is 2.23. The highest BCUT2D eigenvalue weighted by atomic mass is 19.1. The molecular formula is C38H43FN4O4. The fraction of sp³-hybridized carbons (Fsp3) is 0.368. The van der Waals surface area contributed by atoms with Gasteiger partial charge in [0.15, 0.2) is 0 Å². The minimum atomic E-state index is -0.321. The van der Waals surface area contributed by atoms with Crippen LogP contribution in [0.3, 0.4) is 0 Å². The van der Waals surface area contributed by atoms with Crippen molar-refractivity contribution in [2.75, 3.05) is 0 Å². The van der Waals surface area contributed by atoms with Crippen molar-refractivity contribution < 1.29 is 23.5 Å². The summed E-state index contributed by atoms with van der Waals surface area (Å²) in [5.74, 6) is 0.850. The number of amides is 2. The van der Waals surface area contributed by atoms with E-state index in [0.717, 1.165) is 36.8 Å². The van der Waals surface area contributed by atoms with Crippen molar-refractivity contribution in [3.05, 3.63) is 119 Å². The molecule has 2 amide bonds. The van der Waals surface area contributed by atoms with Gasteiger partial charge in [0.25, 0.3) is 11.8 Å². The van der Waals surface area contributed by atoms with Gasteiger partial charge in [-0.2, -0.15) is 0 Å². The number of carbonyl (C=O) groups excluding carboxylic acids is 2. The molecule has 8 nitrogen and oxygen atoms in total. The number of carbonyl (C=O) groups is 2. The van der Waals surface area contributed by atoms with E-state index in [0.29, 0.717) is 41.0 Å². The zero-order valence-corrected chi connectivity index (χ0v) is 27.2. The highest BCUT2D eigenvalue weighted by Crippen LogP contribution is 2.24. The molecule has 246 valence electrons. The van der Waals surface area contributed by atoms with E-state index >= 15 is 0 Å². The van der Waals surface area contributed by atoms with E-state index < -0.39 is 0 Å². The zero-order chi connectivity index (χ0) is 33.2. The Bertz CT molecular complexity index is 1630. The molecule has 2 aromatic carbocycles. The molecule has 1 aliphatic rings. The van der Waals surface area contributed by atoms with Crippen molar-refractivity contribution in [3.63, 3.8) is 0 Å². The second-order valence-corrected chi connectivity index (χ2v) is 12.6. The second kappa shape index (κ2) is 16.2. The molecule has 0 radical (unpaired) electrons. The van der Waals surface area contributed by atoms with Gasteiger partial charge in [0.1, 0.15) is 19.0 Å². The Hall–Kier alpha value is -4.79. The van der Waals surface area contributed by atoms with Crippen LogP contribution >= 0.6 is 0 Å². The average Bonchev–Trinajstić information content (AvgIpc) is 3.08. The van der Waals surface area contributed by atoms with Crippen molar-refractivity contribution in [3.8, 4) is 11.8 Å². The van der Waals surface area contributed by atoms with Crippen LogP contribution in [0.5, 0.6) is 11.8 Å². The molecule has 4 unspecified atom stereocenters. The normalized spacial score (nSPS) is 17.3. The van der Waals surface area contributed by atoms with E-state index in [9.17, 15) is 14.0 Å². The largest absolute Gasteiger partial charge is 0.473 e. The van der Waals surface area contributed by atoms with Crippen molar-refractivity contribution in [1.29, 1.82) is 0 Å². The van der Waals surface area contributed by atoms with Crippen LogP contribution in [0.1, 0.15) is 83.9 Å². The number of aromatic nitrogens is 2. The van der Waals surface area contributed by atoms with Crippen molar-refractivity contribution in [2.45, 2.75) is 78.2 Å². The summed E-state index contributed by atoms with van der Waals surface area (Å²) in [5, 5.41) is 6.24. The van der Waals surface area contributed by atoms with Crippen LogP contribution < -0.4 is 20.1 Å². The van der Waals surface area contributed by atoms with Crippen molar-refractivity contribution in [2.24, 2.45) is 11.8 Å². The maximum absolute atomic E-state index is 13.4. The molecular weight excluding hydrogens is 595 g/mol. The summed E-state index contributed by atoms with van der Waals surface area (Å²) in [6.07, 6.45) is 8.38. The fourth-order valence-electron chi connectivity index (χ4n) is 5.75. The van der Waals surface area contributed by atoms with Gasteiger partial charge in [0, 0.05) is 36.6 Å². The van der Waals surface area contributed by atoms with Gasteiger partial charge in [-0.05, 0) is 79.0 Å². The summed E-state index contributed by atoms with van der Waals surface area (Å²) >= 11 is 0. The van der Waals surface area contributed by atoms with Gasteiger partial charge in [-0.3, -0.25) is 9.59 Å². The van der Waals surface area contributed by atoms with E-state index in [1.165, 1.54) is 24.8 Å². The third kappa shape index (κ3) is 9.85. The number of hydrogen-bond donors (Lipinski definition) is 2. The van der Waals surface area contributed by atoms with Gasteiger partial charge < -0.3 is 20.1 Å². The maximum atomic E-state index is 13.4. The zero-order valence-electron chi connectivity index (χ0n) is 27.2. The average molecular weight is 639 g/mol. The molecule has 0 bridgehead atoms. The van der Waals surface area contributed by atoms with Crippen molar-refractivity contribution >= 4 is 11.8 Å². The molecule has 1 saturated carbocycles. The molecule has 0 aliphatic heterocycles. The first-order valence-electron chi connectivity index (χ1n) is 16.3. The third-order valence-corrected chi connectivity index (χ3v) is 8.85. The summed E-state index contributed by atoms with van der Waals surface area (Å²) < 4.78 is 24.9. The van der Waals surface area contributed by atoms with E-state index in [-0.39, 0.29) is 42.2 Å². The van der Waals surface area contributed by atoms with Crippen LogP contribution in [0, 0.1) is 17.7 Å². The molecule has 4 aromatic rings. The van der Waals surface area contributed by atoms with Gasteiger partial charge in [-0.15, -0.1) is 0 Å². The molecule has 4 atom stereocenters. The van der Waals surface area contributed by atoms with Crippen LogP contribution in [-0.4, -0.2) is 33.9 Å². The number of halogens is 1. The molecule has 1 fully saturated rings. The summed E-state index contributed by atoms with van der Waals surface area (Å²) in [6.45, 7) is 6.82. The Balaban J connectivity index is 1.06. The summed E-state index contributed by atoms with van der Waals surface area (Å²) in [6, 6.07) is 21.3. The summed E-state index contributed by atoms with van der Waals surface area (Å²) in [7, 11) is 0. The van der Waals surface area contributed by atoms with Crippen LogP contribution in [-0.2, 0) is 19.6 Å². The Morgan fingerprint density at radius 2 is 1.40 bits per heavy atom. The van der Waals surface area contributed by atoms with Crippen LogP contribution in [0.25, 0.3) is 0 Å². The lowest BCUT2D eigenvalue weighted by Gasteiger charge is -2.29. The number of hydrogen-bond acceptors (Lipinski definition) is 6. The van der Waals surface area contributed by atoms with Gasteiger partial charge in [0.2, 0.25) is 11.8 Å². The number of benzene rings is 2. The Morgan fingerprint density at radius 3 is 2.02 bits per heavy atom. The monoisotopic (exact) mass is 638 g/mol. The SMILES string of the molecule is CC(Cc1cccc(COc2ccc(C(=O)NC3CCCCC3C)cn2)c1)C(C)NC(=O)c1ccc(OCc2cccc(F)c2)nc1. The molecule has 2 aromatic heterocycles. The first kappa shape index (κ1) is 33.6. The number of ether oxygens (including phenoxy) is 2. The maximum Gasteiger partial charge on any atom is 0.253 e. The van der Waals surface area contributed by atoms with Gasteiger partial charge in [0.05, 0.1) is 11.1 Å². The predicted octanol–water partition coefficient (Wildman–Crippen LogP) is 7.08. The summed E-state index contributed by atoms with van der Waals surface area (Å²) in [4.78, 5) is 34.2. The van der Waals surface area contributed by atoms with E-state index in [4.69, 9.17) is 9.47 Å². The molecule has 2 N–H and O–H groups in total. The first-order valence-corrected chi connectivity index (χ1v) is 16.3. The van der Waals surface area contributed by atoms with Gasteiger partial charge in [-0.25, -0.2) is 14.4 Å². The topological polar surface area (TPSA) is 102 Å². The smallest absolute Gasteiger partial charge is 0.253 e. The molecule has 1 aliphatic carbocycles. The summed E-state index contributed by atoms with van der Waals surface area (Å²) in [5.41, 5.74) is 3.81. The minimum Gasteiger partial charge on any atom is -0.473 e. The van der Waals surface area contributed by atoms with Crippen molar-refractivity contribution in [1.82, 2.24) is 20.6 Å². The quantitative estimate of drug-likeness (QED) is 0.162. The molecule has 9 heteroatoms. The van der Waals surface area contributed by atoms with Gasteiger partial charge in [-0.1, -0.05) is 63.1 Å². The molecule has 0 saturated heterocycles. The van der Waals surface area contributed by atoms with Crippen LogP contribution in [0.4, 0.5) is 4.39 Å². The van der Waals surface area contributed by atoms with Gasteiger partial charge >= 0.3 is 0 Å². The fourth-order valence-corrected chi connectivity index (χ4v) is 5.75.